The number of carboxylic acid groups (broad SMARTS) is 1. The van der Waals surface area contributed by atoms with Crippen molar-refractivity contribution < 1.29 is 9.90 Å². The van der Waals surface area contributed by atoms with Gasteiger partial charge in [0.1, 0.15) is 6.04 Å². The predicted molar refractivity (Wildman–Crippen MR) is 67.7 cm³/mol. The molecule has 1 N–H and O–H groups in total. The van der Waals surface area contributed by atoms with Gasteiger partial charge in [-0.1, -0.05) is 52.9 Å². The zero-order valence-electron chi connectivity index (χ0n) is 11.0. The van der Waals surface area contributed by atoms with Crippen molar-refractivity contribution in [2.24, 2.45) is 0 Å². The Morgan fingerprint density at radius 3 is 2.06 bits per heavy atom. The predicted octanol–water partition coefficient (Wildman–Crippen LogP) is 3.14. The van der Waals surface area contributed by atoms with Crippen molar-refractivity contribution >= 4 is 5.97 Å². The average Bonchev–Trinajstić information content (AvgIpc) is 2.27. The van der Waals surface area contributed by atoms with Gasteiger partial charge in [-0.25, -0.2) is 0 Å². The Balaban J connectivity index is 3.89. The Kier molecular flexibility index (Phi) is 9.30. The maximum atomic E-state index is 11.1. The van der Waals surface area contributed by atoms with Crippen LogP contribution >= 0.6 is 0 Å². The summed E-state index contributed by atoms with van der Waals surface area (Å²) in [6.45, 7) is 7.88. The highest BCUT2D eigenvalue weighted by Gasteiger charge is 2.22. The molecular formula is C13H27NO2. The maximum absolute atomic E-state index is 11.1. The van der Waals surface area contributed by atoms with Gasteiger partial charge in [-0.05, 0) is 19.5 Å². The van der Waals surface area contributed by atoms with Crippen molar-refractivity contribution in [1.82, 2.24) is 4.90 Å². The molecule has 0 aromatic heterocycles. The zero-order chi connectivity index (χ0) is 12.4. The fraction of sp³-hybridized carbons (Fsp3) is 0.923. The Morgan fingerprint density at radius 1 is 1.06 bits per heavy atom. The van der Waals surface area contributed by atoms with Gasteiger partial charge >= 0.3 is 5.97 Å². The first-order valence-corrected chi connectivity index (χ1v) is 6.64. The minimum Gasteiger partial charge on any atom is -0.480 e. The second kappa shape index (κ2) is 9.64. The standard InChI is InChI=1S/C13H27NO2/c1-4-7-8-9-10-11-12(13(15)16)14(5-2)6-3/h12H,4-11H2,1-3H3,(H,15,16). The minimum absolute atomic E-state index is 0.281. The number of aliphatic carboxylic acids is 1. The highest BCUT2D eigenvalue weighted by molar-refractivity contribution is 5.73. The lowest BCUT2D eigenvalue weighted by molar-refractivity contribution is -0.143. The summed E-state index contributed by atoms with van der Waals surface area (Å²) >= 11 is 0. The molecule has 3 nitrogen and oxygen atoms in total. The van der Waals surface area contributed by atoms with Crippen LogP contribution in [0.1, 0.15) is 59.3 Å². The van der Waals surface area contributed by atoms with Crippen molar-refractivity contribution in [3.05, 3.63) is 0 Å². The summed E-state index contributed by atoms with van der Waals surface area (Å²) in [4.78, 5) is 13.2. The topological polar surface area (TPSA) is 40.5 Å². The van der Waals surface area contributed by atoms with E-state index in [9.17, 15) is 4.79 Å². The third kappa shape index (κ3) is 6.11. The molecule has 0 aliphatic carbocycles. The summed E-state index contributed by atoms with van der Waals surface area (Å²) in [7, 11) is 0. The molecule has 0 fully saturated rings. The summed E-state index contributed by atoms with van der Waals surface area (Å²) in [5, 5.41) is 9.17. The van der Waals surface area contributed by atoms with Gasteiger partial charge < -0.3 is 5.11 Å². The van der Waals surface area contributed by atoms with E-state index in [-0.39, 0.29) is 6.04 Å². The van der Waals surface area contributed by atoms with Crippen molar-refractivity contribution in [1.29, 1.82) is 0 Å². The molecule has 1 atom stereocenters. The van der Waals surface area contributed by atoms with Crippen LogP contribution in [0.5, 0.6) is 0 Å². The molecule has 16 heavy (non-hydrogen) atoms. The quantitative estimate of drug-likeness (QED) is 0.585. The van der Waals surface area contributed by atoms with Gasteiger partial charge in [0, 0.05) is 0 Å². The number of likely N-dealkylation sites (N-methyl/N-ethyl adjacent to an activating group) is 1. The maximum Gasteiger partial charge on any atom is 0.320 e. The Labute approximate surface area is 99.8 Å². The molecule has 0 spiro atoms. The monoisotopic (exact) mass is 229 g/mol. The van der Waals surface area contributed by atoms with Gasteiger partial charge in [0.2, 0.25) is 0 Å². The normalized spacial score (nSPS) is 13.0. The second-order valence-corrected chi connectivity index (χ2v) is 4.28. The van der Waals surface area contributed by atoms with Gasteiger partial charge in [0.25, 0.3) is 0 Å². The van der Waals surface area contributed by atoms with E-state index in [0.717, 1.165) is 25.9 Å². The average molecular weight is 229 g/mol. The molecular weight excluding hydrogens is 202 g/mol. The summed E-state index contributed by atoms with van der Waals surface area (Å²) in [5.74, 6) is -0.667. The number of rotatable bonds is 10. The Morgan fingerprint density at radius 2 is 1.62 bits per heavy atom. The van der Waals surface area contributed by atoms with Crippen molar-refractivity contribution in [3.63, 3.8) is 0 Å². The van der Waals surface area contributed by atoms with E-state index in [1.54, 1.807) is 0 Å². The van der Waals surface area contributed by atoms with Crippen LogP contribution in [0.2, 0.25) is 0 Å². The van der Waals surface area contributed by atoms with Gasteiger partial charge in [-0.15, -0.1) is 0 Å². The highest BCUT2D eigenvalue weighted by Crippen LogP contribution is 2.12. The first-order valence-electron chi connectivity index (χ1n) is 6.64. The van der Waals surface area contributed by atoms with E-state index >= 15 is 0 Å². The number of nitrogens with zero attached hydrogens (tertiary/aromatic N) is 1. The fourth-order valence-corrected chi connectivity index (χ4v) is 2.07. The lowest BCUT2D eigenvalue weighted by atomic mass is 10.1. The molecule has 0 saturated carbocycles. The third-order valence-corrected chi connectivity index (χ3v) is 3.12. The van der Waals surface area contributed by atoms with Gasteiger partial charge in [0.05, 0.1) is 0 Å². The molecule has 0 saturated heterocycles. The van der Waals surface area contributed by atoms with Gasteiger partial charge in [-0.3, -0.25) is 9.69 Å². The lowest BCUT2D eigenvalue weighted by Gasteiger charge is -2.26. The summed E-state index contributed by atoms with van der Waals surface area (Å²) in [5.41, 5.74) is 0. The fourth-order valence-electron chi connectivity index (χ4n) is 2.07. The van der Waals surface area contributed by atoms with Gasteiger partial charge in [0.15, 0.2) is 0 Å². The molecule has 0 bridgehead atoms. The summed E-state index contributed by atoms with van der Waals surface area (Å²) < 4.78 is 0. The van der Waals surface area contributed by atoms with E-state index in [1.165, 1.54) is 25.7 Å². The molecule has 0 amide bonds. The number of hydrogen-bond donors (Lipinski definition) is 1. The molecule has 0 aromatic carbocycles. The molecule has 1 unspecified atom stereocenters. The first-order chi connectivity index (χ1) is 7.67. The highest BCUT2D eigenvalue weighted by atomic mass is 16.4. The number of hydrogen-bond acceptors (Lipinski definition) is 2. The lowest BCUT2D eigenvalue weighted by Crippen LogP contribution is -2.40. The van der Waals surface area contributed by atoms with Crippen LogP contribution in [0.4, 0.5) is 0 Å². The van der Waals surface area contributed by atoms with Crippen LogP contribution in [-0.4, -0.2) is 35.1 Å². The first kappa shape index (κ1) is 15.4. The molecule has 3 heteroatoms. The van der Waals surface area contributed by atoms with Crippen LogP contribution in [0, 0.1) is 0 Å². The van der Waals surface area contributed by atoms with E-state index in [0.29, 0.717) is 0 Å². The molecule has 96 valence electrons. The number of carboxylic acids is 1. The van der Waals surface area contributed by atoms with Crippen LogP contribution in [0.15, 0.2) is 0 Å². The minimum atomic E-state index is -0.667. The van der Waals surface area contributed by atoms with Crippen molar-refractivity contribution in [2.45, 2.75) is 65.3 Å². The molecule has 0 aliphatic rings. The molecule has 0 aromatic rings. The zero-order valence-corrected chi connectivity index (χ0v) is 11.0. The Bertz CT molecular complexity index is 179. The smallest absolute Gasteiger partial charge is 0.320 e. The second-order valence-electron chi connectivity index (χ2n) is 4.28. The SMILES string of the molecule is CCCCCCCC(C(=O)O)N(CC)CC. The molecule has 0 rings (SSSR count). The van der Waals surface area contributed by atoms with E-state index in [1.807, 2.05) is 18.7 Å². The third-order valence-electron chi connectivity index (χ3n) is 3.12. The van der Waals surface area contributed by atoms with E-state index in [2.05, 4.69) is 6.92 Å². The van der Waals surface area contributed by atoms with Crippen LogP contribution in [0.3, 0.4) is 0 Å². The van der Waals surface area contributed by atoms with E-state index < -0.39 is 5.97 Å². The Hall–Kier alpha value is -0.570. The molecule has 0 aliphatic heterocycles. The molecule has 0 heterocycles. The number of carbonyl (C=O) groups is 1. The number of unbranched alkanes of at least 4 members (excludes halogenated alkanes) is 4. The van der Waals surface area contributed by atoms with Crippen LogP contribution in [-0.2, 0) is 4.79 Å². The molecule has 0 radical (unpaired) electrons. The summed E-state index contributed by atoms with van der Waals surface area (Å²) in [6.07, 6.45) is 6.73. The summed E-state index contributed by atoms with van der Waals surface area (Å²) in [6, 6.07) is -0.281. The van der Waals surface area contributed by atoms with Crippen LogP contribution < -0.4 is 0 Å². The van der Waals surface area contributed by atoms with Gasteiger partial charge in [-0.2, -0.15) is 0 Å². The van der Waals surface area contributed by atoms with Crippen molar-refractivity contribution in [3.8, 4) is 0 Å². The van der Waals surface area contributed by atoms with Crippen LogP contribution in [0.25, 0.3) is 0 Å². The largest absolute Gasteiger partial charge is 0.480 e. The van der Waals surface area contributed by atoms with E-state index in [4.69, 9.17) is 5.11 Å². The van der Waals surface area contributed by atoms with Crippen molar-refractivity contribution in [2.75, 3.05) is 13.1 Å².